The van der Waals surface area contributed by atoms with E-state index in [-0.39, 0.29) is 43.3 Å². The molecule has 0 bridgehead atoms. The Labute approximate surface area is 201 Å². The third-order valence-electron chi connectivity index (χ3n) is 5.99. The van der Waals surface area contributed by atoms with E-state index in [1.165, 1.54) is 11.1 Å². The largest absolute Gasteiger partial charge is 0.390 e. The van der Waals surface area contributed by atoms with Crippen molar-refractivity contribution in [2.24, 2.45) is 5.92 Å². The number of halogens is 2. The lowest BCUT2D eigenvalue weighted by Crippen LogP contribution is -2.49. The minimum absolute atomic E-state index is 0. The zero-order valence-corrected chi connectivity index (χ0v) is 19.6. The molecule has 7 nitrogen and oxygen atoms in total. The van der Waals surface area contributed by atoms with Crippen molar-refractivity contribution in [3.8, 4) is 0 Å². The van der Waals surface area contributed by atoms with Gasteiger partial charge in [-0.05, 0) is 48.4 Å². The van der Waals surface area contributed by atoms with Crippen LogP contribution in [0.2, 0.25) is 0 Å². The van der Waals surface area contributed by atoms with Crippen molar-refractivity contribution in [3.05, 3.63) is 59.3 Å². The lowest BCUT2D eigenvalue weighted by molar-refractivity contribution is 0.0699. The first-order valence-corrected chi connectivity index (χ1v) is 10.7. The van der Waals surface area contributed by atoms with Crippen LogP contribution < -0.4 is 16.0 Å². The summed E-state index contributed by atoms with van der Waals surface area (Å²) in [4.78, 5) is 16.8. The van der Waals surface area contributed by atoms with Gasteiger partial charge in [0, 0.05) is 45.1 Å². The number of pyridine rings is 1. The van der Waals surface area contributed by atoms with Gasteiger partial charge < -0.3 is 25.8 Å². The average Bonchev–Trinajstić information content (AvgIpc) is 2.81. The highest BCUT2D eigenvalue weighted by Gasteiger charge is 2.24. The number of anilines is 1. The molecule has 0 saturated carbocycles. The van der Waals surface area contributed by atoms with Crippen LogP contribution in [0.3, 0.4) is 0 Å². The molecule has 2 aliphatic rings. The molecular weight excluding hydrogens is 451 g/mol. The fraction of sp³-hybridized carbons (Fsp3) is 0.478. The Hall–Kier alpha value is -1.90. The van der Waals surface area contributed by atoms with Gasteiger partial charge in [0.15, 0.2) is 0 Å². The molecule has 1 unspecified atom stereocenters. The maximum absolute atomic E-state index is 12.4. The van der Waals surface area contributed by atoms with E-state index >= 15 is 0 Å². The number of nitrogens with one attached hydrogen (secondary N) is 3. The summed E-state index contributed by atoms with van der Waals surface area (Å²) >= 11 is 0. The molecule has 2 atom stereocenters. The summed E-state index contributed by atoms with van der Waals surface area (Å²) in [6.45, 7) is 3.45. The molecule has 1 aromatic carbocycles. The average molecular weight is 483 g/mol. The Morgan fingerprint density at radius 1 is 1.16 bits per heavy atom. The van der Waals surface area contributed by atoms with Crippen molar-refractivity contribution in [1.29, 1.82) is 0 Å². The molecule has 1 amide bonds. The first-order valence-electron chi connectivity index (χ1n) is 10.7. The highest BCUT2D eigenvalue weighted by Crippen LogP contribution is 2.18. The number of benzene rings is 1. The number of aliphatic hydroxyl groups is 1. The van der Waals surface area contributed by atoms with Crippen LogP contribution in [0.4, 0.5) is 5.82 Å². The second-order valence-corrected chi connectivity index (χ2v) is 8.11. The quantitative estimate of drug-likeness (QED) is 0.484. The third kappa shape index (κ3) is 7.05. The van der Waals surface area contributed by atoms with Crippen molar-refractivity contribution in [2.75, 3.05) is 31.6 Å². The van der Waals surface area contributed by atoms with Crippen LogP contribution in [-0.4, -0.2) is 54.4 Å². The number of carbonyl (C=O) groups excluding carboxylic acids is 1. The zero-order chi connectivity index (χ0) is 20.8. The molecule has 176 valence electrons. The summed E-state index contributed by atoms with van der Waals surface area (Å²) in [5, 5.41) is 20.0. The third-order valence-corrected chi connectivity index (χ3v) is 5.99. The molecule has 4 N–H and O–H groups in total. The van der Waals surface area contributed by atoms with Crippen LogP contribution >= 0.6 is 24.8 Å². The number of carbonyl (C=O) groups is 1. The Morgan fingerprint density at radius 2 is 1.91 bits per heavy atom. The summed E-state index contributed by atoms with van der Waals surface area (Å²) in [6, 6.07) is 11.7. The minimum Gasteiger partial charge on any atom is -0.390 e. The second-order valence-electron chi connectivity index (χ2n) is 8.11. The number of hydrogen-bond acceptors (Lipinski definition) is 6. The maximum Gasteiger partial charge on any atom is 0.252 e. The Balaban J connectivity index is 0.00000181. The molecule has 1 saturated heterocycles. The first kappa shape index (κ1) is 26.4. The van der Waals surface area contributed by atoms with E-state index in [0.29, 0.717) is 11.5 Å². The molecule has 1 aromatic heterocycles. The van der Waals surface area contributed by atoms with E-state index in [9.17, 15) is 9.90 Å². The van der Waals surface area contributed by atoms with Crippen molar-refractivity contribution >= 4 is 36.5 Å². The van der Waals surface area contributed by atoms with E-state index < -0.39 is 6.10 Å². The van der Waals surface area contributed by atoms with Crippen LogP contribution in [0.5, 0.6) is 0 Å². The van der Waals surface area contributed by atoms with Crippen LogP contribution in [0, 0.1) is 5.92 Å². The summed E-state index contributed by atoms with van der Waals surface area (Å²) < 4.78 is 5.38. The zero-order valence-electron chi connectivity index (χ0n) is 18.0. The van der Waals surface area contributed by atoms with Gasteiger partial charge in [-0.25, -0.2) is 4.98 Å². The lowest BCUT2D eigenvalue weighted by atomic mass is 9.93. The maximum atomic E-state index is 12.4. The monoisotopic (exact) mass is 482 g/mol. The van der Waals surface area contributed by atoms with E-state index in [2.05, 4.69) is 33.1 Å². The topological polar surface area (TPSA) is 95.5 Å². The van der Waals surface area contributed by atoms with Gasteiger partial charge in [0.2, 0.25) is 0 Å². The number of aliphatic hydroxyl groups excluding tert-OH is 1. The van der Waals surface area contributed by atoms with Crippen molar-refractivity contribution in [3.63, 3.8) is 0 Å². The number of hydrogen-bond donors (Lipinski definition) is 4. The second kappa shape index (κ2) is 13.0. The van der Waals surface area contributed by atoms with Gasteiger partial charge in [0.1, 0.15) is 5.82 Å². The van der Waals surface area contributed by atoms with Gasteiger partial charge in [-0.3, -0.25) is 4.79 Å². The summed E-state index contributed by atoms with van der Waals surface area (Å²) in [5.74, 6) is 1.14. The van der Waals surface area contributed by atoms with E-state index in [1.54, 1.807) is 12.3 Å². The van der Waals surface area contributed by atoms with Crippen molar-refractivity contribution < 1.29 is 14.6 Å². The van der Waals surface area contributed by atoms with Gasteiger partial charge in [-0.15, -0.1) is 24.8 Å². The fourth-order valence-electron chi connectivity index (χ4n) is 4.03. The molecule has 2 aromatic rings. The Kier molecular flexibility index (Phi) is 10.7. The molecule has 3 heterocycles. The van der Waals surface area contributed by atoms with Gasteiger partial charge in [-0.1, -0.05) is 24.3 Å². The normalized spacial score (nSPS) is 19.0. The number of aromatic nitrogens is 1. The molecule has 2 aliphatic heterocycles. The number of fused-ring (bicyclic) bond motifs is 1. The molecule has 0 spiro atoms. The SMILES string of the molecule is Cl.Cl.O=C(NCC(O)[C@@H]1Cc2ccccc2CN1)c1ccc(NCC2CCOCC2)nc1. The van der Waals surface area contributed by atoms with Crippen LogP contribution in [0.15, 0.2) is 42.6 Å². The Morgan fingerprint density at radius 3 is 2.62 bits per heavy atom. The van der Waals surface area contributed by atoms with E-state index in [0.717, 1.165) is 51.4 Å². The molecule has 0 aliphatic carbocycles. The highest BCUT2D eigenvalue weighted by molar-refractivity contribution is 5.94. The Bertz CT molecular complexity index is 847. The van der Waals surface area contributed by atoms with Crippen molar-refractivity contribution in [1.82, 2.24) is 15.6 Å². The van der Waals surface area contributed by atoms with Crippen molar-refractivity contribution in [2.45, 2.75) is 38.0 Å². The number of ether oxygens (including phenoxy) is 1. The standard InChI is InChI=1S/C23H30N4O3.2ClH/c28-21(20-11-17-3-1-2-4-18(17)13-24-20)15-27-23(29)19-5-6-22(26-14-19)25-12-16-7-9-30-10-8-16;;/h1-6,14,16,20-21,24,28H,7-13,15H2,(H,25,26)(H,27,29);2*1H/t20-,21?;;/m0../s1. The van der Waals surface area contributed by atoms with Crippen LogP contribution in [0.25, 0.3) is 0 Å². The van der Waals surface area contributed by atoms with Gasteiger partial charge in [0.05, 0.1) is 11.7 Å². The van der Waals surface area contributed by atoms with Gasteiger partial charge in [-0.2, -0.15) is 0 Å². The van der Waals surface area contributed by atoms with E-state index in [1.807, 2.05) is 18.2 Å². The molecule has 32 heavy (non-hydrogen) atoms. The minimum atomic E-state index is -0.657. The van der Waals surface area contributed by atoms with Gasteiger partial charge in [0.25, 0.3) is 5.91 Å². The fourth-order valence-corrected chi connectivity index (χ4v) is 4.03. The summed E-state index contributed by atoms with van der Waals surface area (Å²) in [5.41, 5.74) is 3.00. The highest BCUT2D eigenvalue weighted by atomic mass is 35.5. The molecule has 1 fully saturated rings. The molecule has 4 rings (SSSR count). The summed E-state index contributed by atoms with van der Waals surface area (Å²) in [6.07, 6.45) is 3.80. The predicted molar refractivity (Wildman–Crippen MR) is 130 cm³/mol. The predicted octanol–water partition coefficient (Wildman–Crippen LogP) is 2.57. The van der Waals surface area contributed by atoms with E-state index in [4.69, 9.17) is 4.74 Å². The van der Waals surface area contributed by atoms with Crippen LogP contribution in [-0.2, 0) is 17.7 Å². The molecule has 9 heteroatoms. The molecular formula is C23H32Cl2N4O3. The summed E-state index contributed by atoms with van der Waals surface area (Å²) in [7, 11) is 0. The number of nitrogens with zero attached hydrogens (tertiary/aromatic N) is 1. The number of amides is 1. The molecule has 0 radical (unpaired) electrons. The first-order chi connectivity index (χ1) is 14.7. The number of rotatable bonds is 7. The lowest BCUT2D eigenvalue weighted by Gasteiger charge is -2.30. The van der Waals surface area contributed by atoms with Gasteiger partial charge >= 0.3 is 0 Å². The van der Waals surface area contributed by atoms with Crippen LogP contribution in [0.1, 0.15) is 34.3 Å². The smallest absolute Gasteiger partial charge is 0.252 e.